The zero-order valence-corrected chi connectivity index (χ0v) is 18.3. The highest BCUT2D eigenvalue weighted by Gasteiger charge is 2.13. The molecule has 8 nitrogen and oxygen atoms in total. The van der Waals surface area contributed by atoms with Crippen molar-refractivity contribution < 1.29 is 19.1 Å². The van der Waals surface area contributed by atoms with Crippen molar-refractivity contribution >= 4 is 28.8 Å². The van der Waals surface area contributed by atoms with Gasteiger partial charge in [0.1, 0.15) is 17.4 Å². The van der Waals surface area contributed by atoms with Gasteiger partial charge >= 0.3 is 0 Å². The van der Waals surface area contributed by atoms with Crippen LogP contribution < -0.4 is 10.1 Å². The average Bonchev–Trinajstić information content (AvgIpc) is 3.44. The molecular weight excluding hydrogens is 416 g/mol. The van der Waals surface area contributed by atoms with Crippen molar-refractivity contribution in [1.29, 1.82) is 0 Å². The molecule has 0 unspecified atom stereocenters. The summed E-state index contributed by atoms with van der Waals surface area (Å²) in [5, 5.41) is 9.66. The molecule has 9 heteroatoms. The number of aryl methyl sites for hydroxylation is 1. The van der Waals surface area contributed by atoms with Crippen molar-refractivity contribution in [3.8, 4) is 17.1 Å². The minimum atomic E-state index is -0.254. The molecule has 0 aliphatic rings. The number of H-pyrrole nitrogens is 1. The number of aromatic nitrogens is 3. The predicted molar refractivity (Wildman–Crippen MR) is 117 cm³/mol. The molecule has 1 amide bonds. The Labute approximate surface area is 184 Å². The van der Waals surface area contributed by atoms with E-state index in [4.69, 9.17) is 4.74 Å². The van der Waals surface area contributed by atoms with E-state index in [9.17, 15) is 14.4 Å². The van der Waals surface area contributed by atoms with Crippen LogP contribution in [-0.4, -0.2) is 39.8 Å². The van der Waals surface area contributed by atoms with Gasteiger partial charge in [-0.05, 0) is 43.3 Å². The fourth-order valence-electron chi connectivity index (χ4n) is 2.85. The number of carbonyl (C=O) groups is 3. The number of ether oxygens (including phenoxy) is 1. The highest BCUT2D eigenvalue weighted by molar-refractivity contribution is 7.14. The van der Waals surface area contributed by atoms with Gasteiger partial charge in [0.15, 0.2) is 11.6 Å². The number of hydrogen-bond acceptors (Lipinski definition) is 7. The summed E-state index contributed by atoms with van der Waals surface area (Å²) in [4.78, 5) is 42.2. The number of rotatable bonds is 11. The first kappa shape index (κ1) is 22.4. The molecule has 0 bridgehead atoms. The van der Waals surface area contributed by atoms with E-state index in [0.717, 1.165) is 16.2 Å². The van der Waals surface area contributed by atoms with Gasteiger partial charge in [0.25, 0.3) is 0 Å². The molecule has 0 spiro atoms. The number of carbonyl (C=O) groups excluding carboxylic acids is 3. The molecule has 3 rings (SSSR count). The van der Waals surface area contributed by atoms with Gasteiger partial charge in [-0.25, -0.2) is 4.98 Å². The van der Waals surface area contributed by atoms with Gasteiger partial charge in [-0.15, -0.1) is 11.3 Å². The summed E-state index contributed by atoms with van der Waals surface area (Å²) in [6.07, 6.45) is 0.504. The van der Waals surface area contributed by atoms with Crippen molar-refractivity contribution in [2.24, 2.45) is 0 Å². The lowest BCUT2D eigenvalue weighted by Crippen LogP contribution is -2.24. The molecule has 2 N–H and O–H groups in total. The van der Waals surface area contributed by atoms with Crippen LogP contribution >= 0.6 is 11.3 Å². The lowest BCUT2D eigenvalue weighted by Gasteiger charge is -2.03. The second-order valence-electron chi connectivity index (χ2n) is 6.98. The molecule has 1 aromatic carbocycles. The maximum Gasteiger partial charge on any atom is 0.220 e. The quantitative estimate of drug-likeness (QED) is 0.441. The van der Waals surface area contributed by atoms with Crippen molar-refractivity contribution in [1.82, 2.24) is 20.5 Å². The summed E-state index contributed by atoms with van der Waals surface area (Å²) >= 11 is 1.43. The first-order valence-electron chi connectivity index (χ1n) is 9.88. The lowest BCUT2D eigenvalue weighted by atomic mass is 10.1. The lowest BCUT2D eigenvalue weighted by molar-refractivity contribution is -0.125. The average molecular weight is 441 g/mol. The Morgan fingerprint density at radius 3 is 2.45 bits per heavy atom. The van der Waals surface area contributed by atoms with Crippen molar-refractivity contribution in [3.05, 3.63) is 52.0 Å². The Hall–Kier alpha value is -3.33. The molecule has 31 heavy (non-hydrogen) atoms. The van der Waals surface area contributed by atoms with Gasteiger partial charge in [0.2, 0.25) is 5.91 Å². The van der Waals surface area contributed by atoms with E-state index in [0.29, 0.717) is 16.5 Å². The highest BCUT2D eigenvalue weighted by atomic mass is 32.1. The number of amides is 1. The minimum absolute atomic E-state index is 0.0334. The van der Waals surface area contributed by atoms with Gasteiger partial charge < -0.3 is 10.1 Å². The van der Waals surface area contributed by atoms with Crippen LogP contribution in [0.15, 0.2) is 36.4 Å². The molecule has 2 aromatic heterocycles. The number of nitrogens with zero attached hydrogens (tertiary/aromatic N) is 2. The van der Waals surface area contributed by atoms with E-state index in [2.05, 4.69) is 20.5 Å². The summed E-state index contributed by atoms with van der Waals surface area (Å²) in [5.41, 5.74) is 0.826. The summed E-state index contributed by atoms with van der Waals surface area (Å²) in [7, 11) is 1.60. The monoisotopic (exact) mass is 440 g/mol. The Bertz CT molecular complexity index is 1060. The molecule has 2 heterocycles. The van der Waals surface area contributed by atoms with Crippen LogP contribution in [0.5, 0.6) is 5.75 Å². The van der Waals surface area contributed by atoms with Crippen LogP contribution in [0, 0.1) is 6.92 Å². The van der Waals surface area contributed by atoms with Gasteiger partial charge in [0, 0.05) is 36.1 Å². The fourth-order valence-corrected chi connectivity index (χ4v) is 3.69. The number of nitrogens with one attached hydrogen (secondary N) is 2. The van der Waals surface area contributed by atoms with Gasteiger partial charge in [-0.3, -0.25) is 19.5 Å². The highest BCUT2D eigenvalue weighted by Crippen LogP contribution is 2.19. The number of aromatic amines is 1. The molecule has 0 saturated heterocycles. The molecule has 0 aliphatic carbocycles. The van der Waals surface area contributed by atoms with Crippen LogP contribution in [-0.2, 0) is 16.1 Å². The molecule has 0 fully saturated rings. The van der Waals surface area contributed by atoms with Crippen LogP contribution in [0.2, 0.25) is 0 Å². The van der Waals surface area contributed by atoms with Crippen molar-refractivity contribution in [2.75, 3.05) is 7.11 Å². The van der Waals surface area contributed by atoms with Gasteiger partial charge in [-0.2, -0.15) is 5.10 Å². The largest absolute Gasteiger partial charge is 0.497 e. The molecule has 0 atom stereocenters. The second-order valence-corrected chi connectivity index (χ2v) is 8.27. The first-order chi connectivity index (χ1) is 14.9. The number of Topliss-reactive ketones (excluding diaryl/α,β-unsaturated/α-hetero) is 2. The molecule has 3 aromatic rings. The Morgan fingerprint density at radius 1 is 1.03 bits per heavy atom. The third-order valence-electron chi connectivity index (χ3n) is 4.61. The smallest absolute Gasteiger partial charge is 0.220 e. The number of ketones is 2. The summed E-state index contributed by atoms with van der Waals surface area (Å²) in [6.45, 7) is 2.12. The maximum absolute atomic E-state index is 12.1. The normalized spacial score (nSPS) is 10.6. The Kier molecular flexibility index (Phi) is 7.66. The van der Waals surface area contributed by atoms with E-state index in [1.165, 1.54) is 11.3 Å². The Morgan fingerprint density at radius 2 is 1.77 bits per heavy atom. The van der Waals surface area contributed by atoms with Crippen LogP contribution in [0.1, 0.15) is 46.1 Å². The molecule has 162 valence electrons. The summed E-state index contributed by atoms with van der Waals surface area (Å²) < 4.78 is 5.13. The summed E-state index contributed by atoms with van der Waals surface area (Å²) in [6, 6.07) is 11.0. The topological polar surface area (TPSA) is 114 Å². The van der Waals surface area contributed by atoms with E-state index in [1.807, 2.05) is 37.3 Å². The number of benzene rings is 1. The zero-order valence-electron chi connectivity index (χ0n) is 17.4. The molecule has 0 aliphatic heterocycles. The fraction of sp³-hybridized carbons (Fsp3) is 0.318. The molecule has 0 saturated carbocycles. The third kappa shape index (κ3) is 6.58. The maximum atomic E-state index is 12.1. The minimum Gasteiger partial charge on any atom is -0.497 e. The third-order valence-corrected chi connectivity index (χ3v) is 5.65. The second kappa shape index (κ2) is 10.6. The van der Waals surface area contributed by atoms with Gasteiger partial charge in [-0.1, -0.05) is 0 Å². The van der Waals surface area contributed by atoms with Crippen molar-refractivity contribution in [2.45, 2.75) is 39.2 Å². The van der Waals surface area contributed by atoms with E-state index in [1.54, 1.807) is 13.2 Å². The Balaban J connectivity index is 1.37. The predicted octanol–water partition coefficient (Wildman–Crippen LogP) is 3.48. The van der Waals surface area contributed by atoms with Crippen LogP contribution in [0.3, 0.4) is 0 Å². The SMILES string of the molecule is COc1ccc(-c2n[nH]c(CNC(=O)CCC(=O)CCC(=O)c3ccc(C)s3)n2)cc1. The summed E-state index contributed by atoms with van der Waals surface area (Å²) in [5.74, 6) is 1.39. The zero-order chi connectivity index (χ0) is 22.2. The van der Waals surface area contributed by atoms with Crippen molar-refractivity contribution in [3.63, 3.8) is 0 Å². The van der Waals surface area contributed by atoms with Gasteiger partial charge in [0.05, 0.1) is 18.5 Å². The van der Waals surface area contributed by atoms with E-state index in [-0.39, 0.29) is 49.7 Å². The van der Waals surface area contributed by atoms with E-state index >= 15 is 0 Å². The number of thiophene rings is 1. The number of hydrogen-bond donors (Lipinski definition) is 2. The van der Waals surface area contributed by atoms with Crippen LogP contribution in [0.25, 0.3) is 11.4 Å². The molecule has 0 radical (unpaired) electrons. The van der Waals surface area contributed by atoms with E-state index < -0.39 is 0 Å². The number of methoxy groups -OCH3 is 1. The molecular formula is C22H24N4O4S. The first-order valence-corrected chi connectivity index (χ1v) is 10.7. The standard InChI is InChI=1S/C22H24N4O4S/c1-14-3-11-19(31-14)18(28)10-6-16(27)7-12-21(29)23-13-20-24-22(26-25-20)15-4-8-17(30-2)9-5-15/h3-5,8-9,11H,6-7,10,12-13H2,1-2H3,(H,23,29)(H,24,25,26). The van der Waals surface area contributed by atoms with Crippen LogP contribution in [0.4, 0.5) is 0 Å².